The summed E-state index contributed by atoms with van der Waals surface area (Å²) in [6.07, 6.45) is 3.84. The number of hydrogen-bond acceptors (Lipinski definition) is 3. The minimum absolute atomic E-state index is 0.0630. The number of piperidine rings is 1. The molecular formula is C26H30N2O3. The summed E-state index contributed by atoms with van der Waals surface area (Å²) in [6, 6.07) is 18.4. The fourth-order valence-corrected chi connectivity index (χ4v) is 5.51. The highest BCUT2D eigenvalue weighted by Crippen LogP contribution is 2.39. The zero-order valence-corrected chi connectivity index (χ0v) is 18.0. The molecule has 2 fully saturated rings. The van der Waals surface area contributed by atoms with E-state index >= 15 is 0 Å². The maximum absolute atomic E-state index is 13.4. The van der Waals surface area contributed by atoms with Gasteiger partial charge in [-0.15, -0.1) is 0 Å². The summed E-state index contributed by atoms with van der Waals surface area (Å²) >= 11 is 0. The SMILES string of the molecule is O=C(CC1(N2Cc3ccccc3C2=O)CCOCC1)N1CCC(c2ccccc2)CC1. The third-order valence-electron chi connectivity index (χ3n) is 7.42. The number of benzene rings is 2. The first-order valence-corrected chi connectivity index (χ1v) is 11.5. The quantitative estimate of drug-likeness (QED) is 0.754. The van der Waals surface area contributed by atoms with Crippen LogP contribution in [0.15, 0.2) is 54.6 Å². The lowest BCUT2D eigenvalue weighted by atomic mass is 9.83. The number of nitrogens with zero attached hydrogens (tertiary/aromatic N) is 2. The van der Waals surface area contributed by atoms with Crippen LogP contribution < -0.4 is 0 Å². The van der Waals surface area contributed by atoms with E-state index < -0.39 is 5.54 Å². The predicted molar refractivity (Wildman–Crippen MR) is 119 cm³/mol. The number of hydrogen-bond donors (Lipinski definition) is 0. The number of likely N-dealkylation sites (tertiary alicyclic amines) is 1. The Balaban J connectivity index is 1.29. The molecule has 5 nitrogen and oxygen atoms in total. The zero-order chi connectivity index (χ0) is 21.3. The standard InChI is InChI=1S/C26H30N2O3/c29-24(27-14-10-21(11-15-27)20-6-2-1-3-7-20)18-26(12-16-31-17-13-26)28-19-22-8-4-5-9-23(22)25(28)30/h1-9,21H,10-19H2. The molecule has 3 aliphatic rings. The van der Waals surface area contributed by atoms with Gasteiger partial charge in [0.25, 0.3) is 5.91 Å². The Morgan fingerprint density at radius 2 is 1.65 bits per heavy atom. The fourth-order valence-electron chi connectivity index (χ4n) is 5.51. The normalized spacial score (nSPS) is 21.2. The van der Waals surface area contributed by atoms with Crippen LogP contribution in [0.5, 0.6) is 0 Å². The van der Waals surface area contributed by atoms with Gasteiger partial charge in [-0.05, 0) is 48.8 Å². The topological polar surface area (TPSA) is 49.9 Å². The molecule has 31 heavy (non-hydrogen) atoms. The lowest BCUT2D eigenvalue weighted by molar-refractivity contribution is -0.137. The predicted octanol–water partition coefficient (Wildman–Crippen LogP) is 3.99. The average molecular weight is 419 g/mol. The highest BCUT2D eigenvalue weighted by molar-refractivity contribution is 5.99. The van der Waals surface area contributed by atoms with Crippen molar-refractivity contribution < 1.29 is 14.3 Å². The molecule has 0 aliphatic carbocycles. The van der Waals surface area contributed by atoms with E-state index in [1.54, 1.807) is 0 Å². The van der Waals surface area contributed by atoms with Gasteiger partial charge < -0.3 is 14.5 Å². The fraction of sp³-hybridized carbons (Fsp3) is 0.462. The molecule has 2 amide bonds. The van der Waals surface area contributed by atoms with Gasteiger partial charge in [0.05, 0.1) is 12.0 Å². The minimum Gasteiger partial charge on any atom is -0.381 e. The molecule has 0 saturated carbocycles. The van der Waals surface area contributed by atoms with Crippen molar-refractivity contribution in [2.45, 2.75) is 50.1 Å². The van der Waals surface area contributed by atoms with Gasteiger partial charge in [0, 0.05) is 38.4 Å². The molecule has 0 unspecified atom stereocenters. The van der Waals surface area contributed by atoms with Crippen LogP contribution in [0.2, 0.25) is 0 Å². The van der Waals surface area contributed by atoms with Crippen molar-refractivity contribution in [3.8, 4) is 0 Å². The first-order chi connectivity index (χ1) is 15.2. The van der Waals surface area contributed by atoms with E-state index in [9.17, 15) is 9.59 Å². The number of rotatable bonds is 4. The average Bonchev–Trinajstić information content (AvgIpc) is 3.18. The molecule has 162 valence electrons. The number of carbonyl (C=O) groups is 2. The Hall–Kier alpha value is -2.66. The number of amides is 2. The van der Waals surface area contributed by atoms with Gasteiger partial charge in [-0.25, -0.2) is 0 Å². The van der Waals surface area contributed by atoms with Crippen LogP contribution in [0.3, 0.4) is 0 Å². The van der Waals surface area contributed by atoms with Crippen molar-refractivity contribution in [2.24, 2.45) is 0 Å². The zero-order valence-electron chi connectivity index (χ0n) is 18.0. The second kappa shape index (κ2) is 8.46. The third kappa shape index (κ3) is 3.87. The van der Waals surface area contributed by atoms with E-state index in [4.69, 9.17) is 4.74 Å². The van der Waals surface area contributed by atoms with E-state index in [1.807, 2.05) is 40.1 Å². The second-order valence-electron chi connectivity index (χ2n) is 9.13. The molecule has 2 saturated heterocycles. The molecule has 2 aromatic carbocycles. The van der Waals surface area contributed by atoms with Crippen molar-refractivity contribution in [1.29, 1.82) is 0 Å². The van der Waals surface area contributed by atoms with Crippen molar-refractivity contribution in [3.05, 3.63) is 71.3 Å². The van der Waals surface area contributed by atoms with Crippen molar-refractivity contribution in [1.82, 2.24) is 9.80 Å². The monoisotopic (exact) mass is 418 g/mol. The van der Waals surface area contributed by atoms with E-state index in [2.05, 4.69) is 24.3 Å². The summed E-state index contributed by atoms with van der Waals surface area (Å²) < 4.78 is 5.62. The van der Waals surface area contributed by atoms with Gasteiger partial charge in [-0.3, -0.25) is 9.59 Å². The molecule has 0 atom stereocenters. The van der Waals surface area contributed by atoms with Crippen LogP contribution in [0, 0.1) is 0 Å². The van der Waals surface area contributed by atoms with Crippen LogP contribution in [0.25, 0.3) is 0 Å². The molecule has 0 aromatic heterocycles. The van der Waals surface area contributed by atoms with Crippen molar-refractivity contribution in [2.75, 3.05) is 26.3 Å². The summed E-state index contributed by atoms with van der Waals surface area (Å²) in [5.41, 5.74) is 2.77. The van der Waals surface area contributed by atoms with Gasteiger partial charge in [-0.1, -0.05) is 48.5 Å². The molecule has 0 bridgehead atoms. The van der Waals surface area contributed by atoms with Crippen LogP contribution >= 0.6 is 0 Å². The van der Waals surface area contributed by atoms with Crippen molar-refractivity contribution >= 4 is 11.8 Å². The number of fused-ring (bicyclic) bond motifs is 1. The molecule has 5 heteroatoms. The van der Waals surface area contributed by atoms with Gasteiger partial charge >= 0.3 is 0 Å². The minimum atomic E-state index is -0.443. The van der Waals surface area contributed by atoms with Crippen LogP contribution in [-0.4, -0.2) is 53.5 Å². The highest BCUT2D eigenvalue weighted by Gasteiger charge is 2.46. The highest BCUT2D eigenvalue weighted by atomic mass is 16.5. The molecular weight excluding hydrogens is 388 g/mol. The first kappa shape index (κ1) is 20.3. The maximum Gasteiger partial charge on any atom is 0.254 e. The maximum atomic E-state index is 13.4. The van der Waals surface area contributed by atoms with E-state index in [0.29, 0.717) is 32.1 Å². The Bertz CT molecular complexity index is 944. The Labute approximate surface area is 184 Å². The molecule has 3 heterocycles. The molecule has 2 aromatic rings. The van der Waals surface area contributed by atoms with Crippen LogP contribution in [0.4, 0.5) is 0 Å². The Kier molecular flexibility index (Phi) is 5.53. The molecule has 0 N–H and O–H groups in total. The van der Waals surface area contributed by atoms with Crippen LogP contribution in [0.1, 0.15) is 59.5 Å². The van der Waals surface area contributed by atoms with Gasteiger partial charge in [-0.2, -0.15) is 0 Å². The molecule has 5 rings (SSSR count). The summed E-state index contributed by atoms with van der Waals surface area (Å²) in [6.45, 7) is 3.38. The Morgan fingerprint density at radius 1 is 0.968 bits per heavy atom. The van der Waals surface area contributed by atoms with Gasteiger partial charge in [0.15, 0.2) is 0 Å². The number of carbonyl (C=O) groups excluding carboxylic acids is 2. The third-order valence-corrected chi connectivity index (χ3v) is 7.42. The van der Waals surface area contributed by atoms with E-state index in [1.165, 1.54) is 5.56 Å². The number of ether oxygens (including phenoxy) is 1. The van der Waals surface area contributed by atoms with Crippen LogP contribution in [-0.2, 0) is 16.1 Å². The smallest absolute Gasteiger partial charge is 0.254 e. The summed E-state index contributed by atoms with van der Waals surface area (Å²) in [4.78, 5) is 30.6. The lowest BCUT2D eigenvalue weighted by Crippen LogP contribution is -2.55. The first-order valence-electron chi connectivity index (χ1n) is 11.5. The van der Waals surface area contributed by atoms with E-state index in [0.717, 1.165) is 49.9 Å². The summed E-state index contributed by atoms with van der Waals surface area (Å²) in [5, 5.41) is 0. The largest absolute Gasteiger partial charge is 0.381 e. The molecule has 0 radical (unpaired) electrons. The second-order valence-corrected chi connectivity index (χ2v) is 9.13. The van der Waals surface area contributed by atoms with Gasteiger partial charge in [0.1, 0.15) is 0 Å². The Morgan fingerprint density at radius 3 is 2.35 bits per heavy atom. The molecule has 0 spiro atoms. The van der Waals surface area contributed by atoms with Crippen molar-refractivity contribution in [3.63, 3.8) is 0 Å². The lowest BCUT2D eigenvalue weighted by Gasteiger charge is -2.45. The summed E-state index contributed by atoms with van der Waals surface area (Å²) in [7, 11) is 0. The summed E-state index contributed by atoms with van der Waals surface area (Å²) in [5.74, 6) is 0.766. The van der Waals surface area contributed by atoms with E-state index in [-0.39, 0.29) is 11.8 Å². The van der Waals surface area contributed by atoms with Gasteiger partial charge in [0.2, 0.25) is 5.91 Å². The molecule has 3 aliphatic heterocycles.